The Balaban J connectivity index is 2.22. The number of anilines is 1. The van der Waals surface area contributed by atoms with Crippen molar-refractivity contribution in [1.82, 2.24) is 0 Å². The number of hydrogen-bond donors (Lipinski definition) is 1. The van der Waals surface area contributed by atoms with E-state index < -0.39 is 17.7 Å². The minimum atomic E-state index is -1.30. The van der Waals surface area contributed by atoms with Crippen molar-refractivity contribution in [3.8, 4) is 12.1 Å². The lowest BCUT2D eigenvalue weighted by molar-refractivity contribution is -0.222. The lowest BCUT2D eigenvalue weighted by Gasteiger charge is -2.29. The van der Waals surface area contributed by atoms with Crippen LogP contribution in [-0.4, -0.2) is 17.7 Å². The second kappa shape index (κ2) is 5.58. The highest BCUT2D eigenvalue weighted by Crippen LogP contribution is 2.23. The third-order valence-electron chi connectivity index (χ3n) is 2.76. The van der Waals surface area contributed by atoms with Gasteiger partial charge in [0.25, 0.3) is 5.79 Å². The molecule has 0 bridgehead atoms. The molecule has 7 nitrogen and oxygen atoms in total. The molecule has 1 aromatic rings. The lowest BCUT2D eigenvalue weighted by atomic mass is 10.1. The summed E-state index contributed by atoms with van der Waals surface area (Å²) in [5, 5.41) is 20.5. The third-order valence-corrected chi connectivity index (χ3v) is 2.76. The minimum Gasteiger partial charge on any atom is -0.419 e. The molecule has 0 radical (unpaired) electrons. The van der Waals surface area contributed by atoms with E-state index >= 15 is 0 Å². The molecule has 0 aromatic heterocycles. The number of carbonyl (C=O) groups excluding carboxylic acids is 2. The number of hydrogen-bond acceptors (Lipinski definition) is 7. The van der Waals surface area contributed by atoms with Gasteiger partial charge in [-0.25, -0.2) is 9.59 Å². The van der Waals surface area contributed by atoms with Gasteiger partial charge in [-0.1, -0.05) is 0 Å². The van der Waals surface area contributed by atoms with Gasteiger partial charge in [-0.2, -0.15) is 10.5 Å². The number of carbonyl (C=O) groups is 2. The largest absolute Gasteiger partial charge is 0.419 e. The molecule has 1 aromatic carbocycles. The fourth-order valence-corrected chi connectivity index (χ4v) is 1.76. The van der Waals surface area contributed by atoms with Crippen LogP contribution in [0.4, 0.5) is 5.69 Å². The maximum Gasteiger partial charge on any atom is 0.350 e. The molecule has 1 fully saturated rings. The molecule has 1 N–H and O–H groups in total. The van der Waals surface area contributed by atoms with Crippen molar-refractivity contribution in [1.29, 1.82) is 10.5 Å². The van der Waals surface area contributed by atoms with Crippen molar-refractivity contribution in [3.63, 3.8) is 0 Å². The SMILES string of the molecule is CC1(C)OC(=O)C(=CNc2ccc(C#N)c(C#N)c2)C(=O)O1. The summed E-state index contributed by atoms with van der Waals surface area (Å²) >= 11 is 0. The van der Waals surface area contributed by atoms with Crippen molar-refractivity contribution in [2.75, 3.05) is 5.32 Å². The van der Waals surface area contributed by atoms with Gasteiger partial charge in [-0.3, -0.25) is 0 Å². The van der Waals surface area contributed by atoms with E-state index in [1.165, 1.54) is 26.0 Å². The maximum absolute atomic E-state index is 11.7. The van der Waals surface area contributed by atoms with Crippen molar-refractivity contribution < 1.29 is 19.1 Å². The molecule has 0 aliphatic carbocycles. The Kier molecular flexibility index (Phi) is 3.83. The number of benzene rings is 1. The summed E-state index contributed by atoms with van der Waals surface area (Å²) in [6, 6.07) is 8.20. The fraction of sp³-hybridized carbons (Fsp3) is 0.200. The summed E-state index contributed by atoms with van der Waals surface area (Å²) in [5.41, 5.74) is 0.565. The number of nitrogens with one attached hydrogen (secondary N) is 1. The zero-order valence-corrected chi connectivity index (χ0v) is 11.8. The number of nitriles is 2. The summed E-state index contributed by atoms with van der Waals surface area (Å²) < 4.78 is 9.88. The number of nitrogens with zero attached hydrogens (tertiary/aromatic N) is 2. The average Bonchev–Trinajstić information content (AvgIpc) is 2.44. The molecule has 1 aliphatic heterocycles. The fourth-order valence-electron chi connectivity index (χ4n) is 1.76. The van der Waals surface area contributed by atoms with E-state index in [0.29, 0.717) is 5.69 Å². The van der Waals surface area contributed by atoms with Crippen LogP contribution >= 0.6 is 0 Å². The van der Waals surface area contributed by atoms with Gasteiger partial charge in [0.15, 0.2) is 5.57 Å². The van der Waals surface area contributed by atoms with Crippen LogP contribution in [0.3, 0.4) is 0 Å². The summed E-state index contributed by atoms with van der Waals surface area (Å²) in [7, 11) is 0. The van der Waals surface area contributed by atoms with Crippen LogP contribution in [0.5, 0.6) is 0 Å². The van der Waals surface area contributed by atoms with Gasteiger partial charge >= 0.3 is 11.9 Å². The smallest absolute Gasteiger partial charge is 0.350 e. The van der Waals surface area contributed by atoms with E-state index in [1.54, 1.807) is 6.07 Å². The van der Waals surface area contributed by atoms with Crippen LogP contribution in [0.15, 0.2) is 30.0 Å². The van der Waals surface area contributed by atoms with E-state index in [1.807, 2.05) is 12.1 Å². The van der Waals surface area contributed by atoms with Gasteiger partial charge in [0.1, 0.15) is 12.1 Å². The monoisotopic (exact) mass is 297 g/mol. The topological polar surface area (TPSA) is 112 Å². The van der Waals surface area contributed by atoms with Crippen molar-refractivity contribution in [2.45, 2.75) is 19.6 Å². The van der Waals surface area contributed by atoms with E-state index in [9.17, 15) is 9.59 Å². The second-order valence-corrected chi connectivity index (χ2v) is 4.87. The molecule has 0 atom stereocenters. The first-order chi connectivity index (χ1) is 10.4. The molecule has 0 amide bonds. The van der Waals surface area contributed by atoms with E-state index in [-0.39, 0.29) is 16.7 Å². The molecular formula is C15H11N3O4. The molecule has 7 heteroatoms. The molecule has 110 valence electrons. The predicted octanol–water partition coefficient (Wildman–Crippen LogP) is 1.56. The summed E-state index contributed by atoms with van der Waals surface area (Å²) in [6.07, 6.45) is 1.14. The van der Waals surface area contributed by atoms with Crippen LogP contribution in [0, 0.1) is 22.7 Å². The Labute approximate surface area is 126 Å². The molecule has 22 heavy (non-hydrogen) atoms. The van der Waals surface area contributed by atoms with Crippen molar-refractivity contribution in [2.24, 2.45) is 0 Å². The van der Waals surface area contributed by atoms with E-state index in [4.69, 9.17) is 20.0 Å². The van der Waals surface area contributed by atoms with Gasteiger partial charge in [0.2, 0.25) is 0 Å². The molecule has 0 saturated carbocycles. The Morgan fingerprint density at radius 2 is 1.68 bits per heavy atom. The van der Waals surface area contributed by atoms with Gasteiger partial charge in [0.05, 0.1) is 11.1 Å². The predicted molar refractivity (Wildman–Crippen MR) is 73.8 cm³/mol. The first-order valence-corrected chi connectivity index (χ1v) is 6.24. The number of esters is 2. The minimum absolute atomic E-state index is 0.181. The first kappa shape index (κ1) is 15.1. The highest BCUT2D eigenvalue weighted by molar-refractivity contribution is 6.15. The lowest BCUT2D eigenvalue weighted by Crippen LogP contribution is -2.42. The Hall–Kier alpha value is -3.32. The molecule has 1 heterocycles. The molecule has 0 spiro atoms. The van der Waals surface area contributed by atoms with Crippen LogP contribution in [0.25, 0.3) is 0 Å². The van der Waals surface area contributed by atoms with Gasteiger partial charge < -0.3 is 14.8 Å². The number of ether oxygens (including phenoxy) is 2. The van der Waals surface area contributed by atoms with E-state index in [2.05, 4.69) is 5.32 Å². The zero-order valence-electron chi connectivity index (χ0n) is 11.8. The first-order valence-electron chi connectivity index (χ1n) is 6.24. The maximum atomic E-state index is 11.7. The van der Waals surface area contributed by atoms with E-state index in [0.717, 1.165) is 6.20 Å². The van der Waals surface area contributed by atoms with Gasteiger partial charge in [0, 0.05) is 25.7 Å². The van der Waals surface area contributed by atoms with Gasteiger partial charge in [-0.15, -0.1) is 0 Å². The number of rotatable bonds is 2. The zero-order chi connectivity index (χ0) is 16.3. The summed E-state index contributed by atoms with van der Waals surface area (Å²) in [4.78, 5) is 23.5. The Morgan fingerprint density at radius 3 is 2.23 bits per heavy atom. The van der Waals surface area contributed by atoms with Crippen molar-refractivity contribution >= 4 is 17.6 Å². The van der Waals surface area contributed by atoms with Crippen LogP contribution in [0.1, 0.15) is 25.0 Å². The average molecular weight is 297 g/mol. The highest BCUT2D eigenvalue weighted by atomic mass is 16.7. The summed E-state index contributed by atoms with van der Waals surface area (Å²) in [5.74, 6) is -2.90. The Bertz CT molecular complexity index is 744. The Morgan fingerprint density at radius 1 is 1.09 bits per heavy atom. The van der Waals surface area contributed by atoms with Gasteiger partial charge in [-0.05, 0) is 18.2 Å². The molecule has 2 rings (SSSR count). The number of cyclic esters (lactones) is 2. The quantitative estimate of drug-likeness (QED) is 0.500. The summed E-state index contributed by atoms with van der Waals surface area (Å²) in [6.45, 7) is 2.90. The van der Waals surface area contributed by atoms with Crippen molar-refractivity contribution in [3.05, 3.63) is 41.1 Å². The van der Waals surface area contributed by atoms with Crippen LogP contribution < -0.4 is 5.32 Å². The second-order valence-electron chi connectivity index (χ2n) is 4.87. The molecule has 1 saturated heterocycles. The third kappa shape index (κ3) is 3.05. The molecule has 0 unspecified atom stereocenters. The highest BCUT2D eigenvalue weighted by Gasteiger charge is 2.38. The van der Waals surface area contributed by atoms with Crippen LogP contribution in [0.2, 0.25) is 0 Å². The molecular weight excluding hydrogens is 286 g/mol. The normalized spacial score (nSPS) is 15.9. The molecule has 1 aliphatic rings. The van der Waals surface area contributed by atoms with Crippen LogP contribution in [-0.2, 0) is 19.1 Å². The standard InChI is InChI=1S/C15H11N3O4/c1-15(2)21-13(19)12(14(20)22-15)8-18-11-4-3-9(6-16)10(5-11)7-17/h3-5,8,18H,1-2H3.